The number of likely N-dealkylation sites (tertiary alicyclic amines) is 1. The van der Waals surface area contributed by atoms with E-state index in [9.17, 15) is 0 Å². The van der Waals surface area contributed by atoms with Crippen molar-refractivity contribution < 1.29 is 0 Å². The van der Waals surface area contributed by atoms with Gasteiger partial charge in [0.15, 0.2) is 0 Å². The third kappa shape index (κ3) is 2.72. The molecular weight excluding hydrogens is 184 g/mol. The minimum absolute atomic E-state index is 0.853. The van der Waals surface area contributed by atoms with Crippen LogP contribution in [0.15, 0.2) is 24.3 Å². The van der Waals surface area contributed by atoms with Crippen molar-refractivity contribution in [2.45, 2.75) is 26.3 Å². The Labute approximate surface area is 92.1 Å². The lowest BCUT2D eigenvalue weighted by atomic mass is 10.1. The van der Waals surface area contributed by atoms with Gasteiger partial charge in [-0.3, -0.25) is 4.90 Å². The minimum Gasteiger partial charge on any atom is -0.399 e. The summed E-state index contributed by atoms with van der Waals surface area (Å²) in [6.07, 6.45) is 2.68. The van der Waals surface area contributed by atoms with E-state index < -0.39 is 0 Å². The molecule has 0 saturated carbocycles. The first-order valence-corrected chi connectivity index (χ1v) is 5.84. The molecule has 0 radical (unpaired) electrons. The van der Waals surface area contributed by atoms with E-state index in [1.54, 1.807) is 0 Å². The SMILES string of the molecule is CCC1CCN(Cc2ccc(N)cc2)C1. The molecule has 0 aliphatic carbocycles. The first-order valence-electron chi connectivity index (χ1n) is 5.84. The normalized spacial score (nSPS) is 22.1. The molecule has 82 valence electrons. The van der Waals surface area contributed by atoms with E-state index in [1.165, 1.54) is 31.5 Å². The number of rotatable bonds is 3. The van der Waals surface area contributed by atoms with Gasteiger partial charge < -0.3 is 5.73 Å². The van der Waals surface area contributed by atoms with Crippen molar-refractivity contribution in [3.05, 3.63) is 29.8 Å². The third-order valence-electron chi connectivity index (χ3n) is 3.33. The zero-order chi connectivity index (χ0) is 10.7. The topological polar surface area (TPSA) is 29.3 Å². The number of hydrogen-bond acceptors (Lipinski definition) is 2. The molecule has 2 rings (SSSR count). The second-order valence-corrected chi connectivity index (χ2v) is 4.54. The van der Waals surface area contributed by atoms with Crippen LogP contribution in [-0.2, 0) is 6.54 Å². The van der Waals surface area contributed by atoms with Gasteiger partial charge in [0, 0.05) is 18.8 Å². The second kappa shape index (κ2) is 4.67. The highest BCUT2D eigenvalue weighted by molar-refractivity contribution is 5.39. The Balaban J connectivity index is 1.90. The van der Waals surface area contributed by atoms with Crippen LogP contribution in [0, 0.1) is 5.92 Å². The molecule has 2 heteroatoms. The molecule has 1 aliphatic heterocycles. The van der Waals surface area contributed by atoms with Crippen molar-refractivity contribution in [2.24, 2.45) is 5.92 Å². The summed E-state index contributed by atoms with van der Waals surface area (Å²) in [7, 11) is 0. The van der Waals surface area contributed by atoms with E-state index in [1.807, 2.05) is 12.1 Å². The van der Waals surface area contributed by atoms with Crippen LogP contribution in [0.4, 0.5) is 5.69 Å². The summed E-state index contributed by atoms with van der Waals surface area (Å²) in [5.41, 5.74) is 7.89. The molecule has 1 saturated heterocycles. The standard InChI is InChI=1S/C13H20N2/c1-2-11-7-8-15(9-11)10-12-3-5-13(14)6-4-12/h3-6,11H,2,7-10,14H2,1H3. The van der Waals surface area contributed by atoms with Gasteiger partial charge in [-0.15, -0.1) is 0 Å². The summed E-state index contributed by atoms with van der Waals surface area (Å²) < 4.78 is 0. The fourth-order valence-corrected chi connectivity index (χ4v) is 2.27. The number of hydrogen-bond donors (Lipinski definition) is 1. The Bertz CT molecular complexity index is 305. The molecule has 15 heavy (non-hydrogen) atoms. The molecule has 1 atom stereocenters. The Kier molecular flexibility index (Phi) is 3.27. The highest BCUT2D eigenvalue weighted by atomic mass is 15.1. The minimum atomic E-state index is 0.853. The lowest BCUT2D eigenvalue weighted by molar-refractivity contribution is 0.315. The average Bonchev–Trinajstić information content (AvgIpc) is 2.69. The number of nitrogens with two attached hydrogens (primary N) is 1. The van der Waals surface area contributed by atoms with Gasteiger partial charge in [0.1, 0.15) is 0 Å². The predicted octanol–water partition coefficient (Wildman–Crippen LogP) is 2.50. The molecule has 2 N–H and O–H groups in total. The van der Waals surface area contributed by atoms with Crippen LogP contribution in [0.3, 0.4) is 0 Å². The molecule has 0 aromatic heterocycles. The maximum absolute atomic E-state index is 5.66. The van der Waals surface area contributed by atoms with Crippen LogP contribution in [0.2, 0.25) is 0 Å². The van der Waals surface area contributed by atoms with Crippen molar-refractivity contribution in [3.8, 4) is 0 Å². The van der Waals surface area contributed by atoms with E-state index in [0.29, 0.717) is 0 Å². The fourth-order valence-electron chi connectivity index (χ4n) is 2.27. The maximum Gasteiger partial charge on any atom is 0.0314 e. The highest BCUT2D eigenvalue weighted by Gasteiger charge is 2.20. The van der Waals surface area contributed by atoms with Crippen molar-refractivity contribution in [1.29, 1.82) is 0 Å². The summed E-state index contributed by atoms with van der Waals surface area (Å²) in [5.74, 6) is 0.916. The molecule has 2 nitrogen and oxygen atoms in total. The van der Waals surface area contributed by atoms with Gasteiger partial charge in [-0.2, -0.15) is 0 Å². The van der Waals surface area contributed by atoms with Crippen LogP contribution in [0.5, 0.6) is 0 Å². The van der Waals surface area contributed by atoms with Gasteiger partial charge in [-0.1, -0.05) is 25.5 Å². The number of benzene rings is 1. The smallest absolute Gasteiger partial charge is 0.0314 e. The van der Waals surface area contributed by atoms with Crippen molar-refractivity contribution >= 4 is 5.69 Å². The Morgan fingerprint density at radius 3 is 2.67 bits per heavy atom. The first kappa shape index (κ1) is 10.5. The van der Waals surface area contributed by atoms with Crippen molar-refractivity contribution in [2.75, 3.05) is 18.8 Å². The van der Waals surface area contributed by atoms with Crippen LogP contribution in [-0.4, -0.2) is 18.0 Å². The van der Waals surface area contributed by atoms with Gasteiger partial charge in [0.2, 0.25) is 0 Å². The summed E-state index contributed by atoms with van der Waals surface area (Å²) in [5, 5.41) is 0. The van der Waals surface area contributed by atoms with E-state index in [4.69, 9.17) is 5.73 Å². The number of nitrogens with zero attached hydrogens (tertiary/aromatic N) is 1. The summed E-state index contributed by atoms with van der Waals surface area (Å²) in [4.78, 5) is 2.54. The van der Waals surface area contributed by atoms with Crippen LogP contribution < -0.4 is 5.73 Å². The molecular formula is C13H20N2. The monoisotopic (exact) mass is 204 g/mol. The summed E-state index contributed by atoms with van der Waals surface area (Å²) in [6, 6.07) is 8.24. The van der Waals surface area contributed by atoms with E-state index in [-0.39, 0.29) is 0 Å². The number of nitrogen functional groups attached to an aromatic ring is 1. The summed E-state index contributed by atoms with van der Waals surface area (Å²) >= 11 is 0. The molecule has 1 aliphatic rings. The van der Waals surface area contributed by atoms with E-state index in [2.05, 4.69) is 24.0 Å². The molecule has 0 amide bonds. The lowest BCUT2D eigenvalue weighted by Crippen LogP contribution is -2.19. The molecule has 1 unspecified atom stereocenters. The van der Waals surface area contributed by atoms with Crippen LogP contribution in [0.25, 0.3) is 0 Å². The number of anilines is 1. The van der Waals surface area contributed by atoms with Crippen LogP contribution >= 0.6 is 0 Å². The van der Waals surface area contributed by atoms with Gasteiger partial charge in [0.05, 0.1) is 0 Å². The molecule has 0 spiro atoms. The third-order valence-corrected chi connectivity index (χ3v) is 3.33. The highest BCUT2D eigenvalue weighted by Crippen LogP contribution is 2.21. The average molecular weight is 204 g/mol. The van der Waals surface area contributed by atoms with E-state index >= 15 is 0 Å². The fraction of sp³-hybridized carbons (Fsp3) is 0.538. The van der Waals surface area contributed by atoms with E-state index in [0.717, 1.165) is 18.2 Å². The van der Waals surface area contributed by atoms with Gasteiger partial charge >= 0.3 is 0 Å². The summed E-state index contributed by atoms with van der Waals surface area (Å²) in [6.45, 7) is 5.89. The molecule has 1 heterocycles. The van der Waals surface area contributed by atoms with Crippen molar-refractivity contribution in [3.63, 3.8) is 0 Å². The van der Waals surface area contributed by atoms with Crippen LogP contribution in [0.1, 0.15) is 25.3 Å². The van der Waals surface area contributed by atoms with Gasteiger partial charge in [-0.25, -0.2) is 0 Å². The largest absolute Gasteiger partial charge is 0.399 e. The molecule has 1 aromatic rings. The van der Waals surface area contributed by atoms with Gasteiger partial charge in [0.25, 0.3) is 0 Å². The zero-order valence-corrected chi connectivity index (χ0v) is 9.45. The Morgan fingerprint density at radius 2 is 2.07 bits per heavy atom. The molecule has 0 bridgehead atoms. The lowest BCUT2D eigenvalue weighted by Gasteiger charge is -2.15. The molecule has 1 aromatic carbocycles. The zero-order valence-electron chi connectivity index (χ0n) is 9.45. The first-order chi connectivity index (χ1) is 7.28. The molecule has 1 fully saturated rings. The Morgan fingerprint density at radius 1 is 1.33 bits per heavy atom. The second-order valence-electron chi connectivity index (χ2n) is 4.54. The predicted molar refractivity (Wildman–Crippen MR) is 64.5 cm³/mol. The quantitative estimate of drug-likeness (QED) is 0.766. The van der Waals surface area contributed by atoms with Gasteiger partial charge in [-0.05, 0) is 36.6 Å². The van der Waals surface area contributed by atoms with Crippen molar-refractivity contribution in [1.82, 2.24) is 4.90 Å². The maximum atomic E-state index is 5.66. The Hall–Kier alpha value is -1.02.